The SMILES string of the molecule is C=CCOc1ccccc1CNC(=NCc1ccc(S(=O)(=O)N(C)C)cc1)NCC.I. The van der Waals surface area contributed by atoms with Gasteiger partial charge in [-0.1, -0.05) is 43.0 Å². The lowest BCUT2D eigenvalue weighted by Crippen LogP contribution is -2.36. The Labute approximate surface area is 202 Å². The van der Waals surface area contributed by atoms with Crippen molar-refractivity contribution in [3.05, 3.63) is 72.3 Å². The number of guanidine groups is 1. The first-order valence-corrected chi connectivity index (χ1v) is 11.2. The van der Waals surface area contributed by atoms with Crippen LogP contribution in [0.25, 0.3) is 0 Å². The second kappa shape index (κ2) is 13.3. The number of sulfonamides is 1. The summed E-state index contributed by atoms with van der Waals surface area (Å²) in [5.74, 6) is 1.47. The van der Waals surface area contributed by atoms with Crippen molar-refractivity contribution in [3.8, 4) is 5.75 Å². The van der Waals surface area contributed by atoms with E-state index in [1.54, 1.807) is 30.3 Å². The van der Waals surface area contributed by atoms with Gasteiger partial charge in [-0.25, -0.2) is 17.7 Å². The molecule has 0 atom stereocenters. The van der Waals surface area contributed by atoms with Gasteiger partial charge in [0.25, 0.3) is 0 Å². The summed E-state index contributed by atoms with van der Waals surface area (Å²) in [6, 6.07) is 14.6. The molecule has 0 unspecified atom stereocenters. The summed E-state index contributed by atoms with van der Waals surface area (Å²) in [5, 5.41) is 6.52. The summed E-state index contributed by atoms with van der Waals surface area (Å²) in [7, 11) is -0.396. The van der Waals surface area contributed by atoms with Gasteiger partial charge in [-0.2, -0.15) is 0 Å². The number of aliphatic imine (C=N–C) groups is 1. The molecule has 0 aliphatic heterocycles. The third-order valence-corrected chi connectivity index (χ3v) is 6.07. The van der Waals surface area contributed by atoms with Crippen molar-refractivity contribution < 1.29 is 13.2 Å². The number of halogens is 1. The van der Waals surface area contributed by atoms with Crippen LogP contribution in [0.15, 0.2) is 71.1 Å². The average Bonchev–Trinajstić information content (AvgIpc) is 2.75. The Morgan fingerprint density at radius 2 is 1.81 bits per heavy atom. The molecule has 2 rings (SSSR count). The van der Waals surface area contributed by atoms with Gasteiger partial charge >= 0.3 is 0 Å². The fourth-order valence-electron chi connectivity index (χ4n) is 2.61. The van der Waals surface area contributed by atoms with Crippen LogP contribution in [0, 0.1) is 0 Å². The maximum atomic E-state index is 12.2. The van der Waals surface area contributed by atoms with Gasteiger partial charge in [-0.15, -0.1) is 24.0 Å². The zero-order chi connectivity index (χ0) is 22.0. The molecule has 2 aromatic rings. The van der Waals surface area contributed by atoms with Crippen molar-refractivity contribution in [2.45, 2.75) is 24.9 Å². The van der Waals surface area contributed by atoms with Crippen LogP contribution in [0.5, 0.6) is 5.75 Å². The lowest BCUT2D eigenvalue weighted by molar-refractivity contribution is 0.358. The number of ether oxygens (including phenoxy) is 1. The summed E-state index contributed by atoms with van der Waals surface area (Å²) < 4.78 is 31.2. The highest BCUT2D eigenvalue weighted by Gasteiger charge is 2.16. The number of nitrogens with zero attached hydrogens (tertiary/aromatic N) is 2. The Kier molecular flexibility index (Phi) is 11.6. The molecule has 31 heavy (non-hydrogen) atoms. The average molecular weight is 558 g/mol. The van der Waals surface area contributed by atoms with E-state index in [1.807, 2.05) is 31.2 Å². The first kappa shape index (κ1) is 26.9. The fourth-order valence-corrected chi connectivity index (χ4v) is 3.51. The Morgan fingerprint density at radius 1 is 1.13 bits per heavy atom. The highest BCUT2D eigenvalue weighted by atomic mass is 127. The molecule has 0 spiro atoms. The zero-order valence-corrected chi connectivity index (χ0v) is 21.3. The van der Waals surface area contributed by atoms with Crippen LogP contribution in [0.2, 0.25) is 0 Å². The predicted molar refractivity (Wildman–Crippen MR) is 137 cm³/mol. The van der Waals surface area contributed by atoms with E-state index < -0.39 is 10.0 Å². The van der Waals surface area contributed by atoms with Crippen molar-refractivity contribution in [1.29, 1.82) is 0 Å². The lowest BCUT2D eigenvalue weighted by atomic mass is 10.2. The van der Waals surface area contributed by atoms with E-state index in [4.69, 9.17) is 4.74 Å². The maximum Gasteiger partial charge on any atom is 0.242 e. The second-order valence-corrected chi connectivity index (χ2v) is 8.84. The van der Waals surface area contributed by atoms with Gasteiger partial charge in [-0.05, 0) is 30.7 Å². The summed E-state index contributed by atoms with van der Waals surface area (Å²) >= 11 is 0. The van der Waals surface area contributed by atoms with Crippen molar-refractivity contribution in [3.63, 3.8) is 0 Å². The molecule has 0 fully saturated rings. The van der Waals surface area contributed by atoms with Gasteiger partial charge < -0.3 is 15.4 Å². The Morgan fingerprint density at radius 3 is 2.42 bits per heavy atom. The third kappa shape index (κ3) is 8.15. The Balaban J connectivity index is 0.00000480. The van der Waals surface area contributed by atoms with Crippen LogP contribution in [-0.4, -0.2) is 45.9 Å². The maximum absolute atomic E-state index is 12.2. The van der Waals surface area contributed by atoms with Gasteiger partial charge in [0, 0.05) is 32.7 Å². The van der Waals surface area contributed by atoms with E-state index >= 15 is 0 Å². The molecule has 0 saturated heterocycles. The van der Waals surface area contributed by atoms with Crippen molar-refractivity contribution in [2.24, 2.45) is 4.99 Å². The molecular formula is C22H31IN4O3S. The first-order valence-electron chi connectivity index (χ1n) is 9.73. The van der Waals surface area contributed by atoms with Gasteiger partial charge in [0.1, 0.15) is 12.4 Å². The smallest absolute Gasteiger partial charge is 0.242 e. The van der Waals surface area contributed by atoms with Crippen LogP contribution in [0.3, 0.4) is 0 Å². The number of hydrogen-bond donors (Lipinski definition) is 2. The standard InChI is InChI=1S/C22H30N4O3S.HI/c1-5-15-29-21-10-8-7-9-19(21)17-25-22(23-6-2)24-16-18-11-13-20(14-12-18)30(27,28)26(3)4;/h5,7-14H,1,6,15-17H2,2-4H3,(H2,23,24,25);1H. The fraction of sp³-hybridized carbons (Fsp3) is 0.318. The quantitative estimate of drug-likeness (QED) is 0.202. The molecular weight excluding hydrogens is 527 g/mol. The molecule has 0 amide bonds. The summed E-state index contributed by atoms with van der Waals surface area (Å²) in [6.45, 7) is 7.83. The molecule has 0 aromatic heterocycles. The van der Waals surface area contributed by atoms with Gasteiger partial charge in [-0.3, -0.25) is 0 Å². The molecule has 0 bridgehead atoms. The number of nitrogens with one attached hydrogen (secondary N) is 2. The van der Waals surface area contributed by atoms with E-state index in [-0.39, 0.29) is 28.9 Å². The Hall–Kier alpha value is -2.11. The molecule has 0 aliphatic carbocycles. The van der Waals surface area contributed by atoms with Crippen LogP contribution in [-0.2, 0) is 23.1 Å². The second-order valence-electron chi connectivity index (χ2n) is 6.69. The largest absolute Gasteiger partial charge is 0.489 e. The van der Waals surface area contributed by atoms with Crippen molar-refractivity contribution >= 4 is 40.0 Å². The number of para-hydroxylation sites is 1. The lowest BCUT2D eigenvalue weighted by Gasteiger charge is -2.14. The molecule has 0 heterocycles. The van der Waals surface area contributed by atoms with E-state index in [9.17, 15) is 8.42 Å². The van der Waals surface area contributed by atoms with Crippen LogP contribution in [0.4, 0.5) is 0 Å². The summed E-state index contributed by atoms with van der Waals surface area (Å²) in [4.78, 5) is 4.86. The normalized spacial score (nSPS) is 11.5. The van der Waals surface area contributed by atoms with E-state index in [0.717, 1.165) is 23.4 Å². The molecule has 0 saturated carbocycles. The van der Waals surface area contributed by atoms with Gasteiger partial charge in [0.15, 0.2) is 5.96 Å². The number of rotatable bonds is 10. The summed E-state index contributed by atoms with van der Waals surface area (Å²) in [6.07, 6.45) is 1.71. The molecule has 7 nitrogen and oxygen atoms in total. The molecule has 9 heteroatoms. The predicted octanol–water partition coefficient (Wildman–Crippen LogP) is 3.38. The number of hydrogen-bond acceptors (Lipinski definition) is 4. The number of benzene rings is 2. The monoisotopic (exact) mass is 558 g/mol. The third-order valence-electron chi connectivity index (χ3n) is 4.24. The zero-order valence-electron chi connectivity index (χ0n) is 18.2. The topological polar surface area (TPSA) is 83.0 Å². The van der Waals surface area contributed by atoms with E-state index in [1.165, 1.54) is 18.4 Å². The highest BCUT2D eigenvalue weighted by Crippen LogP contribution is 2.18. The van der Waals surface area contributed by atoms with E-state index in [0.29, 0.717) is 25.7 Å². The molecule has 0 aliphatic rings. The van der Waals surface area contributed by atoms with Crippen molar-refractivity contribution in [2.75, 3.05) is 27.2 Å². The minimum Gasteiger partial charge on any atom is -0.489 e. The Bertz CT molecular complexity index is 961. The van der Waals surface area contributed by atoms with E-state index in [2.05, 4.69) is 22.2 Å². The van der Waals surface area contributed by atoms with Crippen molar-refractivity contribution in [1.82, 2.24) is 14.9 Å². The highest BCUT2D eigenvalue weighted by molar-refractivity contribution is 14.0. The van der Waals surface area contributed by atoms with Crippen LogP contribution < -0.4 is 15.4 Å². The summed E-state index contributed by atoms with van der Waals surface area (Å²) in [5.41, 5.74) is 1.93. The molecule has 2 N–H and O–H groups in total. The molecule has 170 valence electrons. The molecule has 2 aromatic carbocycles. The minimum atomic E-state index is -3.43. The van der Waals surface area contributed by atoms with Gasteiger partial charge in [0.2, 0.25) is 10.0 Å². The van der Waals surface area contributed by atoms with Crippen LogP contribution in [0.1, 0.15) is 18.1 Å². The van der Waals surface area contributed by atoms with Crippen LogP contribution >= 0.6 is 24.0 Å². The van der Waals surface area contributed by atoms with Gasteiger partial charge in [0.05, 0.1) is 11.4 Å². The molecule has 0 radical (unpaired) electrons. The first-order chi connectivity index (χ1) is 14.4. The minimum absolute atomic E-state index is 0.